The molecule has 0 amide bonds. The van der Waals surface area contributed by atoms with Gasteiger partial charge in [0.15, 0.2) is 0 Å². The molecular weight excluding hydrogens is 346 g/mol. The first-order valence-electron chi connectivity index (χ1n) is 8.03. The number of hydrogen-bond donors (Lipinski definition) is 1. The van der Waals surface area contributed by atoms with Crippen molar-refractivity contribution in [2.45, 2.75) is 49.4 Å². The lowest BCUT2D eigenvalue weighted by Gasteiger charge is -2.61. The summed E-state index contributed by atoms with van der Waals surface area (Å²) in [6, 6.07) is 0. The molecule has 0 aromatic rings. The van der Waals surface area contributed by atoms with E-state index in [1.54, 1.807) is 7.11 Å². The molecule has 0 aromatic heterocycles. The average molecular weight is 368 g/mol. The largest absolute Gasteiger partial charge is 0.460 e. The van der Waals surface area contributed by atoms with Crippen LogP contribution in [-0.4, -0.2) is 45.8 Å². The lowest BCUT2D eigenvalue weighted by atomic mass is 9.48. The van der Waals surface area contributed by atoms with Gasteiger partial charge in [0.2, 0.25) is 10.7 Å². The van der Waals surface area contributed by atoms with Crippen LogP contribution < -0.4 is 0 Å². The SMILES string of the molecule is COCOC12CC3CC(CC(COC(=O)C(F)(F)[SH](=O)=O)(C3)C1)C2. The van der Waals surface area contributed by atoms with E-state index in [1.165, 1.54) is 0 Å². The maximum Gasteiger partial charge on any atom is 0.437 e. The van der Waals surface area contributed by atoms with E-state index in [1.807, 2.05) is 0 Å². The van der Waals surface area contributed by atoms with E-state index in [9.17, 15) is 22.0 Å². The number of carbonyl (C=O) groups is 1. The summed E-state index contributed by atoms with van der Waals surface area (Å²) in [6.07, 6.45) is 5.11. The number of methoxy groups -OCH3 is 1. The molecule has 4 fully saturated rings. The fraction of sp³-hybridized carbons (Fsp3) is 0.933. The zero-order valence-corrected chi connectivity index (χ0v) is 14.4. The zero-order valence-electron chi connectivity index (χ0n) is 13.5. The fourth-order valence-electron chi connectivity index (χ4n) is 5.27. The molecule has 138 valence electrons. The second-order valence-corrected chi connectivity index (χ2v) is 8.65. The quantitative estimate of drug-likeness (QED) is 0.419. The van der Waals surface area contributed by atoms with Crippen molar-refractivity contribution < 1.29 is 36.2 Å². The number of thiol groups is 1. The standard InChI is InChI=1S/C15H22F2O6S/c1-21-9-23-14-5-10-2-11(6-14)4-13(3-10,7-14)8-22-12(18)15(16,17)24(19)20/h10-11,24H,2-9H2,1H3. The van der Waals surface area contributed by atoms with Crippen LogP contribution in [0.2, 0.25) is 0 Å². The molecule has 4 rings (SSSR count). The van der Waals surface area contributed by atoms with Gasteiger partial charge in [-0.15, -0.1) is 0 Å². The topological polar surface area (TPSA) is 78.9 Å². The molecule has 2 atom stereocenters. The Bertz CT molecular complexity index is 569. The van der Waals surface area contributed by atoms with Crippen LogP contribution in [0.25, 0.3) is 0 Å². The zero-order chi connectivity index (χ0) is 17.6. The van der Waals surface area contributed by atoms with Crippen molar-refractivity contribution in [3.05, 3.63) is 0 Å². The van der Waals surface area contributed by atoms with Gasteiger partial charge in [0.1, 0.15) is 6.79 Å². The molecule has 4 bridgehead atoms. The minimum Gasteiger partial charge on any atom is -0.460 e. The van der Waals surface area contributed by atoms with Gasteiger partial charge in [-0.25, -0.2) is 13.2 Å². The number of rotatable bonds is 7. The van der Waals surface area contributed by atoms with E-state index < -0.39 is 27.3 Å². The Kier molecular flexibility index (Phi) is 4.63. The van der Waals surface area contributed by atoms with Crippen LogP contribution >= 0.6 is 0 Å². The van der Waals surface area contributed by atoms with Crippen LogP contribution in [0.15, 0.2) is 0 Å². The molecule has 0 saturated heterocycles. The summed E-state index contributed by atoms with van der Waals surface area (Å²) in [4.78, 5) is 11.4. The molecule has 0 spiro atoms. The van der Waals surface area contributed by atoms with E-state index in [0.29, 0.717) is 18.3 Å². The molecule has 0 radical (unpaired) electrons. The van der Waals surface area contributed by atoms with E-state index in [-0.39, 0.29) is 19.0 Å². The summed E-state index contributed by atoms with van der Waals surface area (Å²) in [5.74, 6) is -1.15. The van der Waals surface area contributed by atoms with Crippen LogP contribution in [0.5, 0.6) is 0 Å². The second-order valence-electron chi connectivity index (χ2n) is 7.57. The fourth-order valence-corrected chi connectivity index (χ4v) is 5.48. The van der Waals surface area contributed by atoms with Crippen molar-refractivity contribution >= 4 is 16.7 Å². The van der Waals surface area contributed by atoms with E-state index in [4.69, 9.17) is 14.2 Å². The van der Waals surface area contributed by atoms with Gasteiger partial charge < -0.3 is 14.2 Å². The molecule has 6 nitrogen and oxygen atoms in total. The highest BCUT2D eigenvalue weighted by atomic mass is 32.2. The van der Waals surface area contributed by atoms with Gasteiger partial charge in [0.25, 0.3) is 0 Å². The molecule has 0 heterocycles. The number of alkyl halides is 2. The highest BCUT2D eigenvalue weighted by Crippen LogP contribution is 2.62. The van der Waals surface area contributed by atoms with Crippen molar-refractivity contribution in [1.29, 1.82) is 0 Å². The minimum absolute atomic E-state index is 0.171. The predicted molar refractivity (Wildman–Crippen MR) is 79.0 cm³/mol. The van der Waals surface area contributed by atoms with Crippen molar-refractivity contribution in [3.8, 4) is 0 Å². The van der Waals surface area contributed by atoms with Gasteiger partial charge >= 0.3 is 11.2 Å². The Labute approximate surface area is 140 Å². The number of ether oxygens (including phenoxy) is 3. The summed E-state index contributed by atoms with van der Waals surface area (Å²) >= 11 is 0. The van der Waals surface area contributed by atoms with Gasteiger partial charge in [-0.05, 0) is 50.4 Å². The molecule has 0 aromatic carbocycles. The first-order valence-corrected chi connectivity index (χ1v) is 9.21. The third-order valence-electron chi connectivity index (χ3n) is 5.60. The first kappa shape index (κ1) is 18.0. The van der Waals surface area contributed by atoms with E-state index in [0.717, 1.165) is 32.1 Å². The summed E-state index contributed by atoms with van der Waals surface area (Å²) in [5.41, 5.74) is -0.753. The smallest absolute Gasteiger partial charge is 0.437 e. The molecule has 9 heteroatoms. The van der Waals surface area contributed by atoms with Crippen molar-refractivity contribution in [2.75, 3.05) is 20.5 Å². The Morgan fingerprint density at radius 2 is 1.83 bits per heavy atom. The summed E-state index contributed by atoms with van der Waals surface area (Å²) in [5, 5.41) is -4.47. The molecule has 0 aliphatic heterocycles. The van der Waals surface area contributed by atoms with Crippen LogP contribution in [0, 0.1) is 17.3 Å². The number of hydrogen-bond acceptors (Lipinski definition) is 6. The molecule has 0 N–H and O–H groups in total. The minimum atomic E-state index is -4.47. The van der Waals surface area contributed by atoms with Gasteiger partial charge in [-0.2, -0.15) is 8.78 Å². The third kappa shape index (κ3) is 3.17. The Morgan fingerprint density at radius 3 is 2.38 bits per heavy atom. The molecule has 4 aliphatic carbocycles. The molecular formula is C15H22F2O6S. The average Bonchev–Trinajstić information content (AvgIpc) is 2.49. The summed E-state index contributed by atoms with van der Waals surface area (Å²) in [7, 11) is -2.65. The molecule has 4 aliphatic rings. The van der Waals surface area contributed by atoms with Crippen molar-refractivity contribution in [2.24, 2.45) is 17.3 Å². The van der Waals surface area contributed by atoms with E-state index in [2.05, 4.69) is 0 Å². The van der Waals surface area contributed by atoms with Crippen LogP contribution in [0.4, 0.5) is 8.78 Å². The van der Waals surface area contributed by atoms with Gasteiger partial charge in [0, 0.05) is 12.5 Å². The Morgan fingerprint density at radius 1 is 1.21 bits per heavy atom. The summed E-state index contributed by atoms with van der Waals surface area (Å²) in [6.45, 7) is -0.0142. The lowest BCUT2D eigenvalue weighted by molar-refractivity contribution is -0.234. The second kappa shape index (κ2) is 6.17. The van der Waals surface area contributed by atoms with Gasteiger partial charge in [0.05, 0.1) is 12.2 Å². The highest BCUT2D eigenvalue weighted by Gasteiger charge is 2.59. The van der Waals surface area contributed by atoms with Crippen LogP contribution in [0.1, 0.15) is 38.5 Å². The van der Waals surface area contributed by atoms with E-state index >= 15 is 0 Å². The number of carbonyl (C=O) groups excluding carboxylic acids is 1. The van der Waals surface area contributed by atoms with Crippen molar-refractivity contribution in [3.63, 3.8) is 0 Å². The van der Waals surface area contributed by atoms with Crippen molar-refractivity contribution in [1.82, 2.24) is 0 Å². The van der Waals surface area contributed by atoms with Crippen LogP contribution in [0.3, 0.4) is 0 Å². The van der Waals surface area contributed by atoms with Gasteiger partial charge in [-0.3, -0.25) is 0 Å². The van der Waals surface area contributed by atoms with Crippen LogP contribution in [-0.2, 0) is 29.7 Å². The number of halogens is 2. The summed E-state index contributed by atoms with van der Waals surface area (Å²) < 4.78 is 63.1. The third-order valence-corrected chi connectivity index (χ3v) is 6.24. The maximum atomic E-state index is 13.2. The van der Waals surface area contributed by atoms with Gasteiger partial charge in [-0.1, -0.05) is 0 Å². The molecule has 4 saturated carbocycles. The highest BCUT2D eigenvalue weighted by molar-refractivity contribution is 7.74. The molecule has 2 unspecified atom stereocenters. The monoisotopic (exact) mass is 368 g/mol. The molecule has 24 heavy (non-hydrogen) atoms. The maximum absolute atomic E-state index is 13.2. The predicted octanol–water partition coefficient (Wildman–Crippen LogP) is 1.69. The first-order chi connectivity index (χ1) is 11.2. The Hall–Kier alpha value is -0.800. The number of esters is 1. The normalized spacial score (nSPS) is 37.8. The Balaban J connectivity index is 1.70. The lowest BCUT2D eigenvalue weighted by Crippen LogP contribution is -2.58.